The van der Waals surface area contributed by atoms with Crippen molar-refractivity contribution in [2.75, 3.05) is 0 Å². The Kier molecular flexibility index (Phi) is 4.75. The lowest BCUT2D eigenvalue weighted by Gasteiger charge is -2.03. The van der Waals surface area contributed by atoms with Crippen LogP contribution in [-0.2, 0) is 6.42 Å². The molecule has 0 amide bonds. The van der Waals surface area contributed by atoms with Gasteiger partial charge in [0.25, 0.3) is 0 Å². The van der Waals surface area contributed by atoms with Crippen LogP contribution in [0.25, 0.3) is 0 Å². The second-order valence-corrected chi connectivity index (χ2v) is 6.18. The summed E-state index contributed by atoms with van der Waals surface area (Å²) in [6.45, 7) is 0. The number of hydrogen-bond acceptors (Lipinski definition) is 2. The molecule has 0 aliphatic rings. The largest absolute Gasteiger partial charge is 0.294 e. The molecule has 1 aromatic heterocycles. The summed E-state index contributed by atoms with van der Waals surface area (Å²) in [5.74, 6) is 0.0168. The van der Waals surface area contributed by atoms with Crippen molar-refractivity contribution in [1.82, 2.24) is 4.98 Å². The van der Waals surface area contributed by atoms with Gasteiger partial charge in [-0.15, -0.1) is 0 Å². The van der Waals surface area contributed by atoms with Gasteiger partial charge in [-0.25, -0.2) is 0 Å². The number of nitrogens with zero attached hydrogens (tertiary/aromatic N) is 1. The molecule has 92 valence electrons. The Morgan fingerprint density at radius 3 is 2.72 bits per heavy atom. The fourth-order valence-corrected chi connectivity index (χ4v) is 2.20. The van der Waals surface area contributed by atoms with Crippen LogP contribution in [0, 0.1) is 3.57 Å². The van der Waals surface area contributed by atoms with Crippen LogP contribution < -0.4 is 0 Å². The average molecular weight is 436 g/mol. The average Bonchev–Trinajstić information content (AvgIpc) is 2.35. The van der Waals surface area contributed by atoms with Crippen molar-refractivity contribution in [3.63, 3.8) is 0 Å². The first-order chi connectivity index (χ1) is 8.56. The molecule has 2 nitrogen and oxygen atoms in total. The van der Waals surface area contributed by atoms with Gasteiger partial charge in [0.05, 0.1) is 11.4 Å². The summed E-state index contributed by atoms with van der Waals surface area (Å²) < 4.78 is 1.84. The molecule has 0 saturated carbocycles. The lowest BCUT2D eigenvalue weighted by atomic mass is 10.1. The van der Waals surface area contributed by atoms with E-state index in [4.69, 9.17) is 11.6 Å². The molecular formula is C13H8BrClINO. The van der Waals surface area contributed by atoms with Crippen LogP contribution in [0.5, 0.6) is 0 Å². The Labute approximate surface area is 132 Å². The fraction of sp³-hybridized carbons (Fsp3) is 0.0769. The second-order valence-electron chi connectivity index (χ2n) is 3.70. The van der Waals surface area contributed by atoms with Crippen LogP contribution in [0.4, 0.5) is 0 Å². The number of aromatic nitrogens is 1. The number of hydrogen-bond donors (Lipinski definition) is 0. The van der Waals surface area contributed by atoms with Crippen molar-refractivity contribution in [1.29, 1.82) is 0 Å². The number of Topliss-reactive ketones (excluding diaryl/α,β-unsaturated/α-hetero) is 1. The van der Waals surface area contributed by atoms with Crippen molar-refractivity contribution in [3.05, 3.63) is 60.9 Å². The van der Waals surface area contributed by atoms with Gasteiger partial charge in [0.1, 0.15) is 0 Å². The minimum atomic E-state index is 0.0168. The predicted octanol–water partition coefficient (Wildman–Crippen LogP) is 4.53. The summed E-state index contributed by atoms with van der Waals surface area (Å²) in [6.07, 6.45) is 1.97. The van der Waals surface area contributed by atoms with Crippen molar-refractivity contribution in [2.24, 2.45) is 0 Å². The zero-order chi connectivity index (χ0) is 13.1. The molecule has 2 rings (SSSR count). The second kappa shape index (κ2) is 6.12. The molecule has 0 unspecified atom stereocenters. The van der Waals surface area contributed by atoms with Crippen LogP contribution in [0.3, 0.4) is 0 Å². The first kappa shape index (κ1) is 14.0. The Balaban J connectivity index is 2.16. The van der Waals surface area contributed by atoms with Crippen molar-refractivity contribution in [2.45, 2.75) is 6.42 Å². The molecule has 0 atom stereocenters. The van der Waals surface area contributed by atoms with E-state index in [0.717, 1.165) is 13.7 Å². The first-order valence-corrected chi connectivity index (χ1v) is 7.40. The van der Waals surface area contributed by atoms with E-state index in [-0.39, 0.29) is 12.2 Å². The van der Waals surface area contributed by atoms with Crippen molar-refractivity contribution >= 4 is 55.9 Å². The molecule has 1 aromatic carbocycles. The van der Waals surface area contributed by atoms with Gasteiger partial charge in [-0.3, -0.25) is 9.78 Å². The highest BCUT2D eigenvalue weighted by Gasteiger charge is 2.09. The maximum atomic E-state index is 12.0. The van der Waals surface area contributed by atoms with E-state index >= 15 is 0 Å². The molecule has 0 fully saturated rings. The lowest BCUT2D eigenvalue weighted by molar-refractivity contribution is 0.0992. The third-order valence-electron chi connectivity index (χ3n) is 2.37. The summed E-state index contributed by atoms with van der Waals surface area (Å²) in [4.78, 5) is 16.2. The third kappa shape index (κ3) is 3.52. The van der Waals surface area contributed by atoms with Gasteiger partial charge in [-0.2, -0.15) is 0 Å². The molecule has 5 heteroatoms. The first-order valence-electron chi connectivity index (χ1n) is 5.15. The molecule has 0 N–H and O–H groups in total. The lowest BCUT2D eigenvalue weighted by Crippen LogP contribution is -2.05. The quantitative estimate of drug-likeness (QED) is 0.523. The fourth-order valence-electron chi connectivity index (χ4n) is 1.45. The van der Waals surface area contributed by atoms with Crippen molar-refractivity contribution < 1.29 is 4.79 Å². The maximum Gasteiger partial charge on any atom is 0.168 e. The summed E-state index contributed by atoms with van der Waals surface area (Å²) >= 11 is 11.4. The summed E-state index contributed by atoms with van der Waals surface area (Å²) in [6, 6.07) is 9.03. The highest BCUT2D eigenvalue weighted by atomic mass is 127. The number of pyridine rings is 1. The normalized spacial score (nSPS) is 10.4. The van der Waals surface area contributed by atoms with E-state index in [1.807, 2.05) is 18.2 Å². The number of halogens is 3. The molecule has 0 bridgehead atoms. The SMILES string of the molecule is O=C(Cc1ccc(Br)cn1)c1ccc(I)c(Cl)c1. The molecule has 0 spiro atoms. The zero-order valence-corrected chi connectivity index (χ0v) is 13.7. The molecule has 1 heterocycles. The highest BCUT2D eigenvalue weighted by molar-refractivity contribution is 14.1. The zero-order valence-electron chi connectivity index (χ0n) is 9.16. The van der Waals surface area contributed by atoms with Crippen LogP contribution in [0.15, 0.2) is 41.0 Å². The van der Waals surface area contributed by atoms with Gasteiger partial charge in [0.15, 0.2) is 5.78 Å². The Morgan fingerprint density at radius 1 is 1.33 bits per heavy atom. The third-order valence-corrected chi connectivity index (χ3v) is 4.41. The summed E-state index contributed by atoms with van der Waals surface area (Å²) in [5, 5.41) is 0.602. The monoisotopic (exact) mass is 435 g/mol. The van der Waals surface area contributed by atoms with E-state index < -0.39 is 0 Å². The van der Waals surface area contributed by atoms with E-state index in [2.05, 4.69) is 43.5 Å². The molecule has 0 radical (unpaired) electrons. The molecular weight excluding hydrogens is 428 g/mol. The Morgan fingerprint density at radius 2 is 2.11 bits per heavy atom. The van der Waals surface area contributed by atoms with Gasteiger partial charge in [0.2, 0.25) is 0 Å². The molecule has 0 saturated heterocycles. The van der Waals surface area contributed by atoms with Gasteiger partial charge < -0.3 is 0 Å². The minimum absolute atomic E-state index is 0.0168. The number of carbonyl (C=O) groups is 1. The van der Waals surface area contributed by atoms with E-state index in [1.165, 1.54) is 0 Å². The topological polar surface area (TPSA) is 30.0 Å². The number of ketones is 1. The van der Waals surface area contributed by atoms with E-state index in [1.54, 1.807) is 18.3 Å². The molecule has 2 aromatic rings. The molecule has 0 aliphatic heterocycles. The minimum Gasteiger partial charge on any atom is -0.294 e. The van der Waals surface area contributed by atoms with Gasteiger partial charge >= 0.3 is 0 Å². The molecule has 18 heavy (non-hydrogen) atoms. The maximum absolute atomic E-state index is 12.0. The molecule has 0 aliphatic carbocycles. The van der Waals surface area contributed by atoms with Crippen LogP contribution in [0.2, 0.25) is 5.02 Å². The van der Waals surface area contributed by atoms with Gasteiger partial charge in [0, 0.05) is 25.5 Å². The van der Waals surface area contributed by atoms with Gasteiger partial charge in [-0.1, -0.05) is 17.7 Å². The van der Waals surface area contributed by atoms with E-state index in [9.17, 15) is 4.79 Å². The predicted molar refractivity (Wildman–Crippen MR) is 84.1 cm³/mol. The van der Waals surface area contributed by atoms with Crippen molar-refractivity contribution in [3.8, 4) is 0 Å². The smallest absolute Gasteiger partial charge is 0.168 e. The highest BCUT2D eigenvalue weighted by Crippen LogP contribution is 2.20. The van der Waals surface area contributed by atoms with Gasteiger partial charge in [-0.05, 0) is 62.8 Å². The summed E-state index contributed by atoms with van der Waals surface area (Å²) in [5.41, 5.74) is 1.36. The number of benzene rings is 1. The van der Waals surface area contributed by atoms with Crippen LogP contribution >= 0.6 is 50.1 Å². The number of rotatable bonds is 3. The standard InChI is InChI=1S/C13H8BrClINO/c14-9-2-3-10(17-7-9)6-13(18)8-1-4-12(16)11(15)5-8/h1-5,7H,6H2. The van der Waals surface area contributed by atoms with Crippen LogP contribution in [0.1, 0.15) is 16.1 Å². The van der Waals surface area contributed by atoms with Crippen LogP contribution in [-0.4, -0.2) is 10.8 Å². The summed E-state index contributed by atoms with van der Waals surface area (Å²) in [7, 11) is 0. The number of carbonyl (C=O) groups excluding carboxylic acids is 1. The van der Waals surface area contributed by atoms with E-state index in [0.29, 0.717) is 10.6 Å². The Bertz CT molecular complexity index is 586. The Hall–Kier alpha value is -0.460.